The van der Waals surface area contributed by atoms with Crippen molar-refractivity contribution in [2.75, 3.05) is 0 Å². The van der Waals surface area contributed by atoms with Crippen molar-refractivity contribution < 1.29 is 27.0 Å². The molecule has 0 aliphatic carbocycles. The zero-order chi connectivity index (χ0) is 3.58. The average molecular weight is 140 g/mol. The Bertz CT molecular complexity index is 32.6. The van der Waals surface area contributed by atoms with Crippen molar-refractivity contribution in [1.82, 2.24) is 0 Å². The molecule has 0 aromatic carbocycles. The molecule has 0 atom stereocenters. The molecule has 33 valence electrons. The third-order valence-electron chi connectivity index (χ3n) is 0. The molecular weight excluding hydrogens is 140 g/mol. The monoisotopic (exact) mass is 139 g/mol. The van der Waals surface area contributed by atoms with Crippen molar-refractivity contribution >= 4 is 17.9 Å². The first-order valence-electron chi connectivity index (χ1n) is 0.612. The predicted octanol–water partition coefficient (Wildman–Crippen LogP) is -1.13. The molecular formula is CCuO2S. The number of carboxylic acid groups (broad SMARTS) is 1. The summed E-state index contributed by atoms with van der Waals surface area (Å²) >= 11 is 3.43. The number of hydrogen-bond acceptors (Lipinski definition) is 3. The van der Waals surface area contributed by atoms with Crippen LogP contribution in [-0.4, -0.2) is 5.30 Å². The van der Waals surface area contributed by atoms with E-state index in [2.05, 4.69) is 12.6 Å². The van der Waals surface area contributed by atoms with E-state index in [1.165, 1.54) is 0 Å². The molecule has 0 saturated carbocycles. The fourth-order valence-electron chi connectivity index (χ4n) is 0. The van der Waals surface area contributed by atoms with Gasteiger partial charge in [0.25, 0.3) is 0 Å². The molecule has 0 spiro atoms. The van der Waals surface area contributed by atoms with Crippen LogP contribution in [0.3, 0.4) is 0 Å². The van der Waals surface area contributed by atoms with Crippen molar-refractivity contribution in [1.29, 1.82) is 0 Å². The molecule has 1 radical (unpaired) electrons. The summed E-state index contributed by atoms with van der Waals surface area (Å²) < 4.78 is 0. The third kappa shape index (κ3) is 468. The molecule has 5 heavy (non-hydrogen) atoms. The first-order valence-corrected chi connectivity index (χ1v) is 1.02. The van der Waals surface area contributed by atoms with Gasteiger partial charge in [0.2, 0.25) is 0 Å². The SMILES string of the molecule is O=C([O-])[S-].[Cu+2]. The standard InChI is InChI=1S/CH2O2S.Cu/c2-1(3)4;/h4H,(H,2,3);/q;+2/p-2. The fraction of sp³-hybridized carbons (Fsp3) is 0. The van der Waals surface area contributed by atoms with Crippen molar-refractivity contribution in [3.63, 3.8) is 0 Å². The largest absolute Gasteiger partial charge is 2.00 e. The van der Waals surface area contributed by atoms with Crippen LogP contribution in [-0.2, 0) is 29.7 Å². The zero-order valence-electron chi connectivity index (χ0n) is 2.03. The number of carbonyl (C=O) groups is 1. The molecule has 4 heteroatoms. The molecule has 0 saturated heterocycles. The van der Waals surface area contributed by atoms with Gasteiger partial charge in [0.05, 0.1) is 0 Å². The van der Waals surface area contributed by atoms with E-state index >= 15 is 0 Å². The maximum atomic E-state index is 8.70. The summed E-state index contributed by atoms with van der Waals surface area (Å²) in [5.74, 6) is 0. The van der Waals surface area contributed by atoms with E-state index in [1.807, 2.05) is 0 Å². The summed E-state index contributed by atoms with van der Waals surface area (Å²) in [6.45, 7) is 0. The summed E-state index contributed by atoms with van der Waals surface area (Å²) in [6, 6.07) is 0. The number of hydrogen-bond donors (Lipinski definition) is 0. The van der Waals surface area contributed by atoms with Crippen molar-refractivity contribution in [2.24, 2.45) is 0 Å². The Morgan fingerprint density at radius 1 is 1.80 bits per heavy atom. The van der Waals surface area contributed by atoms with Gasteiger partial charge < -0.3 is 22.5 Å². The molecule has 0 aliphatic rings. The second-order valence-electron chi connectivity index (χ2n) is 0.250. The second kappa shape index (κ2) is 4.21. The van der Waals surface area contributed by atoms with Gasteiger partial charge in [-0.1, -0.05) is 5.30 Å². The molecule has 0 aliphatic heterocycles. The van der Waals surface area contributed by atoms with Crippen molar-refractivity contribution in [3.8, 4) is 0 Å². The van der Waals surface area contributed by atoms with Gasteiger partial charge in [-0.3, -0.25) is 0 Å². The van der Waals surface area contributed by atoms with Crippen molar-refractivity contribution in [2.45, 2.75) is 0 Å². The summed E-state index contributed by atoms with van der Waals surface area (Å²) in [5, 5.41) is 7.20. The van der Waals surface area contributed by atoms with Crippen LogP contribution in [0.1, 0.15) is 0 Å². The Labute approximate surface area is 45.4 Å². The molecule has 0 aromatic heterocycles. The van der Waals surface area contributed by atoms with Crippen LogP contribution in [0.25, 0.3) is 0 Å². The van der Waals surface area contributed by atoms with Gasteiger partial charge in [0.15, 0.2) is 0 Å². The third-order valence-corrected chi connectivity index (χ3v) is 0. The summed E-state index contributed by atoms with van der Waals surface area (Å²) in [7, 11) is 0. The van der Waals surface area contributed by atoms with Gasteiger partial charge in [0.1, 0.15) is 0 Å². The van der Waals surface area contributed by atoms with E-state index in [4.69, 9.17) is 9.90 Å². The minimum atomic E-state index is -1.50. The van der Waals surface area contributed by atoms with Crippen molar-refractivity contribution in [3.05, 3.63) is 0 Å². The Morgan fingerprint density at radius 3 is 1.80 bits per heavy atom. The molecule has 0 fully saturated rings. The molecule has 0 heterocycles. The molecule has 0 rings (SSSR count). The summed E-state index contributed by atoms with van der Waals surface area (Å²) in [6.07, 6.45) is 0. The van der Waals surface area contributed by atoms with E-state index in [-0.39, 0.29) is 17.1 Å². The van der Waals surface area contributed by atoms with Crippen LogP contribution < -0.4 is 5.11 Å². The predicted molar refractivity (Wildman–Crippen MR) is 12.8 cm³/mol. The van der Waals surface area contributed by atoms with Gasteiger partial charge in [0, 0.05) is 0 Å². The Morgan fingerprint density at radius 2 is 1.80 bits per heavy atom. The molecule has 0 amide bonds. The van der Waals surface area contributed by atoms with E-state index in [0.717, 1.165) is 0 Å². The molecule has 0 aromatic rings. The summed E-state index contributed by atoms with van der Waals surface area (Å²) in [5.41, 5.74) is 0. The minimum absolute atomic E-state index is 0. The minimum Gasteiger partial charge on any atom is -0.764 e. The Hall–Kier alpha value is 0.209. The molecule has 2 nitrogen and oxygen atoms in total. The van der Waals surface area contributed by atoms with Crippen LogP contribution in [0, 0.1) is 0 Å². The van der Waals surface area contributed by atoms with Gasteiger partial charge in [-0.2, -0.15) is 0 Å². The van der Waals surface area contributed by atoms with E-state index in [9.17, 15) is 0 Å². The molecule has 0 unspecified atom stereocenters. The van der Waals surface area contributed by atoms with E-state index in [0.29, 0.717) is 0 Å². The maximum Gasteiger partial charge on any atom is 2.00 e. The average Bonchev–Trinajstić information content (AvgIpc) is 0.811. The smallest absolute Gasteiger partial charge is 0.764 e. The van der Waals surface area contributed by atoms with Gasteiger partial charge >= 0.3 is 17.1 Å². The van der Waals surface area contributed by atoms with Gasteiger partial charge in [-0.25, -0.2) is 0 Å². The molecule has 0 bridgehead atoms. The van der Waals surface area contributed by atoms with Crippen LogP contribution >= 0.6 is 0 Å². The topological polar surface area (TPSA) is 40.1 Å². The number of carbonyl (C=O) groups excluding carboxylic acids is 1. The maximum absolute atomic E-state index is 8.70. The Kier molecular flexibility index (Phi) is 7.54. The van der Waals surface area contributed by atoms with Crippen LogP contribution in [0.5, 0.6) is 0 Å². The van der Waals surface area contributed by atoms with Crippen LogP contribution in [0.4, 0.5) is 4.79 Å². The van der Waals surface area contributed by atoms with Crippen LogP contribution in [0.15, 0.2) is 0 Å². The zero-order valence-corrected chi connectivity index (χ0v) is 3.78. The van der Waals surface area contributed by atoms with E-state index < -0.39 is 5.30 Å². The normalized spacial score (nSPS) is 4.80. The van der Waals surface area contributed by atoms with Crippen LogP contribution in [0.2, 0.25) is 0 Å². The molecule has 0 N–H and O–H groups in total. The number of rotatable bonds is 0. The first-order chi connectivity index (χ1) is 1.73. The van der Waals surface area contributed by atoms with Gasteiger partial charge in [-0.05, 0) is 0 Å². The van der Waals surface area contributed by atoms with Gasteiger partial charge in [-0.15, -0.1) is 0 Å². The first kappa shape index (κ1) is 8.96. The summed E-state index contributed by atoms with van der Waals surface area (Å²) in [4.78, 5) is 8.70. The quantitative estimate of drug-likeness (QED) is 0.315. The van der Waals surface area contributed by atoms with E-state index in [1.54, 1.807) is 0 Å². The second-order valence-corrected chi connectivity index (χ2v) is 0.583. The fourth-order valence-corrected chi connectivity index (χ4v) is 0. The Balaban J connectivity index is 0.